The van der Waals surface area contributed by atoms with Crippen molar-refractivity contribution in [2.75, 3.05) is 13.2 Å². The highest BCUT2D eigenvalue weighted by Gasteiger charge is 2.34. The lowest BCUT2D eigenvalue weighted by Gasteiger charge is -2.35. The fraction of sp³-hybridized carbons (Fsp3) is 0.567. The van der Waals surface area contributed by atoms with Crippen LogP contribution in [0.5, 0.6) is 5.75 Å². The predicted octanol–water partition coefficient (Wildman–Crippen LogP) is 4.46. The van der Waals surface area contributed by atoms with E-state index in [-0.39, 0.29) is 43.5 Å². The summed E-state index contributed by atoms with van der Waals surface area (Å²) in [6.45, 7) is 6.71. The quantitative estimate of drug-likeness (QED) is 0.380. The van der Waals surface area contributed by atoms with Crippen molar-refractivity contribution in [1.29, 1.82) is 0 Å². The maximum absolute atomic E-state index is 11.4. The zero-order chi connectivity index (χ0) is 28.4. The van der Waals surface area contributed by atoms with Crippen LogP contribution in [0.25, 0.3) is 10.8 Å². The van der Waals surface area contributed by atoms with Crippen LogP contribution in [-0.2, 0) is 33.3 Å². The standard InChI is InChI=1S/C20H22O6.C10H18O3/c1-13(23)25-15-10-16(12-22)26-19(11-15)20-17-5-3-2-4-14(17)6-7-18(20)24-9-8-21;1-4-9-10(13-8(3)11)6-5-7(2)12-9/h2-8,15-16,19,22H,9-12H2,1H3;7,9-10H,4-6H2,1-3H3/t;7-,9?,10?/m.0/s1. The molecule has 9 heteroatoms. The highest BCUT2D eigenvalue weighted by Crippen LogP contribution is 2.41. The molecule has 0 radical (unpaired) electrons. The summed E-state index contributed by atoms with van der Waals surface area (Å²) in [5.74, 6) is -0.00902. The van der Waals surface area contributed by atoms with Gasteiger partial charge in [-0.3, -0.25) is 14.4 Å². The third-order valence-electron chi connectivity index (χ3n) is 6.85. The molecule has 0 aromatic heterocycles. The molecular formula is C30H40O9. The Morgan fingerprint density at radius 1 is 1.03 bits per heavy atom. The highest BCUT2D eigenvalue weighted by molar-refractivity contribution is 5.88. The van der Waals surface area contributed by atoms with Gasteiger partial charge in [-0.05, 0) is 43.0 Å². The largest absolute Gasteiger partial charge is 0.486 e. The van der Waals surface area contributed by atoms with Gasteiger partial charge < -0.3 is 28.8 Å². The zero-order valence-corrected chi connectivity index (χ0v) is 23.2. The zero-order valence-electron chi connectivity index (χ0n) is 23.2. The number of aliphatic hydroxyl groups is 1. The maximum atomic E-state index is 11.4. The molecule has 0 saturated carbocycles. The molecule has 2 aromatic carbocycles. The summed E-state index contributed by atoms with van der Waals surface area (Å²) in [6, 6.07) is 11.6. The summed E-state index contributed by atoms with van der Waals surface area (Å²) >= 11 is 0. The summed E-state index contributed by atoms with van der Waals surface area (Å²) in [5.41, 5.74) is 0.806. The van der Waals surface area contributed by atoms with Gasteiger partial charge in [0.05, 0.1) is 31.0 Å². The molecule has 9 nitrogen and oxygen atoms in total. The lowest BCUT2D eigenvalue weighted by Crippen LogP contribution is -2.39. The fourth-order valence-electron chi connectivity index (χ4n) is 5.21. The molecule has 2 aliphatic heterocycles. The number of carbonyl (C=O) groups excluding carboxylic acids is 3. The van der Waals surface area contributed by atoms with E-state index in [2.05, 4.69) is 13.8 Å². The first-order valence-corrected chi connectivity index (χ1v) is 13.6. The van der Waals surface area contributed by atoms with Crippen LogP contribution < -0.4 is 4.74 Å². The molecule has 39 heavy (non-hydrogen) atoms. The number of hydrogen-bond acceptors (Lipinski definition) is 9. The SMILES string of the molecule is CC(=O)OC1CC(CO)OC(c2c(OCC=O)ccc3ccccc23)C1.CCC1O[C@@H](C)CCC1OC(C)=O. The minimum absolute atomic E-state index is 0.0290. The van der Waals surface area contributed by atoms with Gasteiger partial charge in [-0.2, -0.15) is 0 Å². The van der Waals surface area contributed by atoms with Gasteiger partial charge in [0.25, 0.3) is 0 Å². The fourth-order valence-corrected chi connectivity index (χ4v) is 5.21. The summed E-state index contributed by atoms with van der Waals surface area (Å²) in [6.07, 6.45) is 3.58. The first kappa shape index (κ1) is 30.5. The van der Waals surface area contributed by atoms with E-state index in [1.54, 1.807) is 0 Å². The lowest BCUT2D eigenvalue weighted by molar-refractivity contribution is -0.168. The van der Waals surface area contributed by atoms with E-state index in [4.69, 9.17) is 23.7 Å². The van der Waals surface area contributed by atoms with Gasteiger partial charge in [-0.15, -0.1) is 0 Å². The van der Waals surface area contributed by atoms with Crippen LogP contribution in [-0.4, -0.2) is 67.1 Å². The first-order valence-electron chi connectivity index (χ1n) is 13.6. The molecule has 2 saturated heterocycles. The molecular weight excluding hydrogens is 504 g/mol. The number of carbonyl (C=O) groups is 3. The highest BCUT2D eigenvalue weighted by atomic mass is 16.6. The molecule has 0 bridgehead atoms. The average Bonchev–Trinajstić information content (AvgIpc) is 2.92. The number of esters is 2. The molecule has 5 unspecified atom stereocenters. The number of hydrogen-bond donors (Lipinski definition) is 1. The van der Waals surface area contributed by atoms with Crippen molar-refractivity contribution in [2.24, 2.45) is 0 Å². The van der Waals surface area contributed by atoms with E-state index in [1.807, 2.05) is 36.4 Å². The Labute approximate surface area is 229 Å². The van der Waals surface area contributed by atoms with E-state index in [9.17, 15) is 19.5 Å². The minimum atomic E-state index is -0.434. The van der Waals surface area contributed by atoms with Crippen LogP contribution in [0, 0.1) is 0 Å². The molecule has 4 rings (SSSR count). The van der Waals surface area contributed by atoms with Crippen LogP contribution in [0.4, 0.5) is 0 Å². The third-order valence-corrected chi connectivity index (χ3v) is 6.85. The number of aldehydes is 1. The molecule has 0 amide bonds. The Morgan fingerprint density at radius 2 is 1.77 bits per heavy atom. The van der Waals surface area contributed by atoms with Gasteiger partial charge >= 0.3 is 11.9 Å². The summed E-state index contributed by atoms with van der Waals surface area (Å²) < 4.78 is 27.9. The maximum Gasteiger partial charge on any atom is 0.302 e. The number of aliphatic hydroxyl groups excluding tert-OH is 1. The Bertz CT molecular complexity index is 1100. The average molecular weight is 545 g/mol. The Kier molecular flexibility index (Phi) is 11.7. The third kappa shape index (κ3) is 8.74. The van der Waals surface area contributed by atoms with E-state index in [1.165, 1.54) is 13.8 Å². The summed E-state index contributed by atoms with van der Waals surface area (Å²) in [5, 5.41) is 11.5. The Morgan fingerprint density at radius 3 is 2.44 bits per heavy atom. The Balaban J connectivity index is 0.000000272. The van der Waals surface area contributed by atoms with Crippen LogP contribution in [0.15, 0.2) is 36.4 Å². The number of fused-ring (bicyclic) bond motifs is 1. The van der Waals surface area contributed by atoms with Gasteiger partial charge in [0.2, 0.25) is 0 Å². The van der Waals surface area contributed by atoms with E-state index < -0.39 is 12.2 Å². The molecule has 0 aliphatic carbocycles. The molecule has 2 heterocycles. The molecule has 1 N–H and O–H groups in total. The van der Waals surface area contributed by atoms with Crippen LogP contribution in [0.1, 0.15) is 71.5 Å². The van der Waals surface area contributed by atoms with Gasteiger partial charge in [-0.25, -0.2) is 0 Å². The van der Waals surface area contributed by atoms with Crippen LogP contribution >= 0.6 is 0 Å². The van der Waals surface area contributed by atoms with E-state index >= 15 is 0 Å². The van der Waals surface area contributed by atoms with Crippen molar-refractivity contribution in [1.82, 2.24) is 0 Å². The topological polar surface area (TPSA) is 118 Å². The first-order chi connectivity index (χ1) is 18.7. The second-order valence-electron chi connectivity index (χ2n) is 9.93. The minimum Gasteiger partial charge on any atom is -0.486 e. The number of benzene rings is 2. The molecule has 0 spiro atoms. The van der Waals surface area contributed by atoms with E-state index in [0.717, 1.165) is 35.6 Å². The summed E-state index contributed by atoms with van der Waals surface area (Å²) in [7, 11) is 0. The van der Waals surface area contributed by atoms with Crippen molar-refractivity contribution in [3.63, 3.8) is 0 Å². The summed E-state index contributed by atoms with van der Waals surface area (Å²) in [4.78, 5) is 32.9. The Hall–Kier alpha value is -3.01. The van der Waals surface area contributed by atoms with Crippen LogP contribution in [0.2, 0.25) is 0 Å². The molecule has 214 valence electrons. The van der Waals surface area contributed by atoms with Crippen molar-refractivity contribution in [3.05, 3.63) is 42.0 Å². The molecule has 2 aliphatic rings. The van der Waals surface area contributed by atoms with Crippen molar-refractivity contribution >= 4 is 29.0 Å². The number of ether oxygens (including phenoxy) is 5. The second-order valence-corrected chi connectivity index (χ2v) is 9.93. The van der Waals surface area contributed by atoms with Gasteiger partial charge in [0.15, 0.2) is 6.29 Å². The second kappa shape index (κ2) is 15.0. The van der Waals surface area contributed by atoms with Gasteiger partial charge in [-0.1, -0.05) is 37.3 Å². The van der Waals surface area contributed by atoms with Gasteiger partial charge in [0, 0.05) is 32.3 Å². The van der Waals surface area contributed by atoms with Crippen molar-refractivity contribution < 1.29 is 43.2 Å². The lowest BCUT2D eigenvalue weighted by atomic mass is 9.92. The molecule has 6 atom stereocenters. The van der Waals surface area contributed by atoms with Gasteiger partial charge in [0.1, 0.15) is 24.6 Å². The number of rotatable bonds is 8. The normalized spacial score (nSPS) is 26.6. The van der Waals surface area contributed by atoms with E-state index in [0.29, 0.717) is 31.0 Å². The molecule has 2 aromatic rings. The van der Waals surface area contributed by atoms with Crippen molar-refractivity contribution in [2.45, 2.75) is 96.4 Å². The molecule has 2 fully saturated rings. The van der Waals surface area contributed by atoms with Crippen molar-refractivity contribution in [3.8, 4) is 5.75 Å². The van der Waals surface area contributed by atoms with Crippen LogP contribution in [0.3, 0.4) is 0 Å². The predicted molar refractivity (Wildman–Crippen MR) is 144 cm³/mol. The monoisotopic (exact) mass is 544 g/mol. The smallest absolute Gasteiger partial charge is 0.302 e.